The Kier molecular flexibility index (Phi) is 3.41. The lowest BCUT2D eigenvalue weighted by Crippen LogP contribution is -2.42. The minimum atomic E-state index is 0.0239. The SMILES string of the molecule is CC(=O)c1csc(C(=O)N2C3CCNCC2CC3)c1. The van der Waals surface area contributed by atoms with Crippen LogP contribution in [0.1, 0.15) is 46.2 Å². The third-order valence-corrected chi connectivity index (χ3v) is 5.02. The van der Waals surface area contributed by atoms with E-state index in [9.17, 15) is 9.59 Å². The van der Waals surface area contributed by atoms with Crippen LogP contribution >= 0.6 is 11.3 Å². The number of hydrogen-bond donors (Lipinski definition) is 1. The Bertz CT molecular complexity index is 497. The molecule has 1 amide bonds. The van der Waals surface area contributed by atoms with Crippen molar-refractivity contribution in [2.75, 3.05) is 13.1 Å². The molecule has 19 heavy (non-hydrogen) atoms. The molecule has 0 aromatic carbocycles. The number of amides is 1. The van der Waals surface area contributed by atoms with E-state index in [1.165, 1.54) is 18.3 Å². The largest absolute Gasteiger partial charge is 0.331 e. The molecule has 2 unspecified atom stereocenters. The van der Waals surface area contributed by atoms with E-state index in [1.54, 1.807) is 11.4 Å². The van der Waals surface area contributed by atoms with E-state index in [-0.39, 0.29) is 11.7 Å². The highest BCUT2D eigenvalue weighted by atomic mass is 32.1. The highest BCUT2D eigenvalue weighted by molar-refractivity contribution is 7.12. The summed E-state index contributed by atoms with van der Waals surface area (Å²) < 4.78 is 0. The highest BCUT2D eigenvalue weighted by Gasteiger charge is 2.38. The first-order chi connectivity index (χ1) is 9.16. The minimum absolute atomic E-state index is 0.0239. The second kappa shape index (κ2) is 5.06. The van der Waals surface area contributed by atoms with Gasteiger partial charge in [0.2, 0.25) is 0 Å². The molecule has 1 aromatic heterocycles. The predicted octanol–water partition coefficient (Wildman–Crippen LogP) is 1.92. The monoisotopic (exact) mass is 278 g/mol. The van der Waals surface area contributed by atoms with Crippen molar-refractivity contribution in [3.63, 3.8) is 0 Å². The number of thiophene rings is 1. The molecule has 2 saturated heterocycles. The van der Waals surface area contributed by atoms with Crippen molar-refractivity contribution in [3.05, 3.63) is 21.9 Å². The second-order valence-corrected chi connectivity index (χ2v) is 6.26. The van der Waals surface area contributed by atoms with Crippen molar-refractivity contribution in [3.8, 4) is 0 Å². The lowest BCUT2D eigenvalue weighted by molar-refractivity contribution is 0.0685. The van der Waals surface area contributed by atoms with Crippen LogP contribution in [0.15, 0.2) is 11.4 Å². The number of rotatable bonds is 2. The molecular weight excluding hydrogens is 260 g/mol. The van der Waals surface area contributed by atoms with E-state index >= 15 is 0 Å². The van der Waals surface area contributed by atoms with Gasteiger partial charge in [-0.05, 0) is 38.8 Å². The summed E-state index contributed by atoms with van der Waals surface area (Å²) in [6.45, 7) is 3.43. The molecule has 3 rings (SSSR count). The quantitative estimate of drug-likeness (QED) is 0.841. The van der Waals surface area contributed by atoms with Crippen LogP contribution in [0, 0.1) is 0 Å². The molecule has 5 heteroatoms. The molecule has 0 spiro atoms. The molecule has 0 saturated carbocycles. The van der Waals surface area contributed by atoms with Gasteiger partial charge in [0.15, 0.2) is 5.78 Å². The zero-order valence-corrected chi connectivity index (χ0v) is 11.8. The molecule has 1 N–H and O–H groups in total. The average Bonchev–Trinajstić information content (AvgIpc) is 2.92. The zero-order valence-electron chi connectivity index (χ0n) is 11.0. The summed E-state index contributed by atoms with van der Waals surface area (Å²) in [5.74, 6) is 0.129. The molecule has 2 aliphatic rings. The third-order valence-electron chi connectivity index (χ3n) is 4.11. The molecule has 2 atom stereocenters. The Hall–Kier alpha value is -1.20. The molecule has 2 fully saturated rings. The first kappa shape index (κ1) is 12.8. The number of fused-ring (bicyclic) bond motifs is 2. The standard InChI is InChI=1S/C14H18N2O2S/c1-9(17)10-6-13(19-8-10)14(18)16-11-2-3-12(16)7-15-5-4-11/h6,8,11-12,15H,2-5,7H2,1H3. The van der Waals surface area contributed by atoms with Gasteiger partial charge in [0.25, 0.3) is 5.91 Å². The Morgan fingerprint density at radius 2 is 2.11 bits per heavy atom. The first-order valence-corrected chi connectivity index (χ1v) is 7.67. The van der Waals surface area contributed by atoms with Crippen molar-refractivity contribution in [2.24, 2.45) is 0 Å². The molecule has 0 radical (unpaired) electrons. The maximum absolute atomic E-state index is 12.6. The van der Waals surface area contributed by atoms with E-state index < -0.39 is 0 Å². The van der Waals surface area contributed by atoms with Crippen molar-refractivity contribution < 1.29 is 9.59 Å². The van der Waals surface area contributed by atoms with Gasteiger partial charge in [-0.3, -0.25) is 9.59 Å². The van der Waals surface area contributed by atoms with E-state index in [4.69, 9.17) is 0 Å². The molecular formula is C14H18N2O2S. The Morgan fingerprint density at radius 3 is 2.84 bits per heavy atom. The number of nitrogens with one attached hydrogen (secondary N) is 1. The van der Waals surface area contributed by atoms with Gasteiger partial charge >= 0.3 is 0 Å². The molecule has 102 valence electrons. The summed E-state index contributed by atoms with van der Waals surface area (Å²) in [5, 5.41) is 5.18. The predicted molar refractivity (Wildman–Crippen MR) is 74.8 cm³/mol. The summed E-state index contributed by atoms with van der Waals surface area (Å²) in [7, 11) is 0. The Labute approximate surface area is 116 Å². The van der Waals surface area contributed by atoms with E-state index in [2.05, 4.69) is 10.2 Å². The van der Waals surface area contributed by atoms with E-state index in [1.807, 2.05) is 0 Å². The van der Waals surface area contributed by atoms with Crippen LogP contribution in [0.4, 0.5) is 0 Å². The fraction of sp³-hybridized carbons (Fsp3) is 0.571. The number of nitrogens with zero attached hydrogens (tertiary/aromatic N) is 1. The van der Waals surface area contributed by atoms with E-state index in [0.29, 0.717) is 22.5 Å². The van der Waals surface area contributed by atoms with Gasteiger partial charge in [0.1, 0.15) is 0 Å². The number of ketones is 1. The van der Waals surface area contributed by atoms with E-state index in [0.717, 1.165) is 32.4 Å². The summed E-state index contributed by atoms with van der Waals surface area (Å²) in [6.07, 6.45) is 3.24. The summed E-state index contributed by atoms with van der Waals surface area (Å²) in [4.78, 5) is 26.7. The fourth-order valence-corrected chi connectivity index (χ4v) is 3.96. The maximum Gasteiger partial charge on any atom is 0.264 e. The fourth-order valence-electron chi connectivity index (χ4n) is 3.07. The van der Waals surface area contributed by atoms with Crippen molar-refractivity contribution in [1.82, 2.24) is 10.2 Å². The van der Waals surface area contributed by atoms with Crippen LogP contribution in [-0.4, -0.2) is 41.8 Å². The third kappa shape index (κ3) is 2.32. The molecule has 3 heterocycles. The summed E-state index contributed by atoms with van der Waals surface area (Å²) in [5.41, 5.74) is 0.647. The topological polar surface area (TPSA) is 49.4 Å². The first-order valence-electron chi connectivity index (χ1n) is 6.79. The number of Topliss-reactive ketones (excluding diaryl/α,β-unsaturated/α-hetero) is 1. The van der Waals surface area contributed by atoms with Gasteiger partial charge in [-0.2, -0.15) is 0 Å². The summed E-state index contributed by atoms with van der Waals surface area (Å²) >= 11 is 1.39. The van der Waals surface area contributed by atoms with Gasteiger partial charge in [-0.25, -0.2) is 0 Å². The number of hydrogen-bond acceptors (Lipinski definition) is 4. The van der Waals surface area contributed by atoms with Gasteiger partial charge in [-0.1, -0.05) is 0 Å². The Balaban J connectivity index is 1.84. The molecule has 2 bridgehead atoms. The van der Waals surface area contributed by atoms with Crippen molar-refractivity contribution >= 4 is 23.0 Å². The molecule has 1 aromatic rings. The Morgan fingerprint density at radius 1 is 1.32 bits per heavy atom. The molecule has 0 aliphatic carbocycles. The van der Waals surface area contributed by atoms with Crippen LogP contribution < -0.4 is 5.32 Å². The summed E-state index contributed by atoms with van der Waals surface area (Å²) in [6, 6.07) is 2.44. The lowest BCUT2D eigenvalue weighted by Gasteiger charge is -2.27. The van der Waals surface area contributed by atoms with Crippen molar-refractivity contribution in [2.45, 2.75) is 38.3 Å². The van der Waals surface area contributed by atoms with Gasteiger partial charge in [-0.15, -0.1) is 11.3 Å². The van der Waals surface area contributed by atoms with Gasteiger partial charge < -0.3 is 10.2 Å². The average molecular weight is 278 g/mol. The van der Waals surface area contributed by atoms with Crippen molar-refractivity contribution in [1.29, 1.82) is 0 Å². The van der Waals surface area contributed by atoms with Gasteiger partial charge in [0.05, 0.1) is 4.88 Å². The second-order valence-electron chi connectivity index (χ2n) is 5.35. The smallest absolute Gasteiger partial charge is 0.264 e. The zero-order chi connectivity index (χ0) is 13.4. The molecule has 2 aliphatic heterocycles. The van der Waals surface area contributed by atoms with Gasteiger partial charge in [0, 0.05) is 29.6 Å². The highest BCUT2D eigenvalue weighted by Crippen LogP contribution is 2.30. The normalized spacial score (nSPS) is 26.3. The maximum atomic E-state index is 12.6. The van der Waals surface area contributed by atoms with Crippen LogP contribution in [0.5, 0.6) is 0 Å². The molecule has 4 nitrogen and oxygen atoms in total. The minimum Gasteiger partial charge on any atom is -0.331 e. The van der Waals surface area contributed by atoms with Crippen LogP contribution in [0.2, 0.25) is 0 Å². The van der Waals surface area contributed by atoms with Crippen LogP contribution in [-0.2, 0) is 0 Å². The lowest BCUT2D eigenvalue weighted by atomic mass is 10.1. The number of carbonyl (C=O) groups excluding carboxylic acids is 2. The van der Waals surface area contributed by atoms with Crippen LogP contribution in [0.3, 0.4) is 0 Å². The van der Waals surface area contributed by atoms with Crippen LogP contribution in [0.25, 0.3) is 0 Å². The number of carbonyl (C=O) groups is 2.